The van der Waals surface area contributed by atoms with Gasteiger partial charge in [-0.25, -0.2) is 4.79 Å². The Labute approximate surface area is 80.9 Å². The van der Waals surface area contributed by atoms with Crippen LogP contribution in [0.15, 0.2) is 12.2 Å². The maximum absolute atomic E-state index is 10.9. The van der Waals surface area contributed by atoms with Gasteiger partial charge in [0, 0.05) is 12.7 Å². The van der Waals surface area contributed by atoms with Crippen LogP contribution < -0.4 is 0 Å². The maximum Gasteiger partial charge on any atom is 0.333 e. The summed E-state index contributed by atoms with van der Waals surface area (Å²) < 4.78 is 9.69. The third-order valence-corrected chi connectivity index (χ3v) is 1.62. The van der Waals surface area contributed by atoms with Gasteiger partial charge in [0.1, 0.15) is 6.61 Å². The SMILES string of the molecule is C=C(C)C(=O)OCC(Br)COC. The molecule has 0 spiro atoms. The minimum Gasteiger partial charge on any atom is -0.461 e. The predicted octanol–water partition coefficient (Wildman–Crippen LogP) is 1.52. The van der Waals surface area contributed by atoms with Crippen LogP contribution in [-0.4, -0.2) is 31.1 Å². The Hall–Kier alpha value is -0.350. The molecule has 0 aromatic heterocycles. The normalized spacial score (nSPS) is 12.2. The number of esters is 1. The molecular weight excluding hydrogens is 224 g/mol. The van der Waals surface area contributed by atoms with Crippen LogP contribution in [0.25, 0.3) is 0 Å². The highest BCUT2D eigenvalue weighted by molar-refractivity contribution is 9.09. The molecule has 0 rings (SSSR count). The van der Waals surface area contributed by atoms with Gasteiger partial charge in [0.05, 0.1) is 11.4 Å². The fourth-order valence-corrected chi connectivity index (χ4v) is 0.915. The van der Waals surface area contributed by atoms with Gasteiger partial charge in [-0.1, -0.05) is 22.5 Å². The van der Waals surface area contributed by atoms with E-state index in [0.29, 0.717) is 18.8 Å². The van der Waals surface area contributed by atoms with E-state index in [0.717, 1.165) is 0 Å². The van der Waals surface area contributed by atoms with E-state index in [1.54, 1.807) is 14.0 Å². The molecule has 0 amide bonds. The lowest BCUT2D eigenvalue weighted by molar-refractivity contribution is -0.139. The van der Waals surface area contributed by atoms with Gasteiger partial charge >= 0.3 is 5.97 Å². The van der Waals surface area contributed by atoms with E-state index in [9.17, 15) is 4.79 Å². The molecule has 0 aliphatic rings. The third-order valence-electron chi connectivity index (χ3n) is 1.09. The molecule has 4 heteroatoms. The van der Waals surface area contributed by atoms with E-state index < -0.39 is 0 Å². The summed E-state index contributed by atoms with van der Waals surface area (Å²) in [5.41, 5.74) is 0.409. The summed E-state index contributed by atoms with van der Waals surface area (Å²) >= 11 is 3.28. The molecular formula is C8H13BrO3. The van der Waals surface area contributed by atoms with Crippen molar-refractivity contribution >= 4 is 21.9 Å². The van der Waals surface area contributed by atoms with Crippen molar-refractivity contribution in [3.8, 4) is 0 Å². The second-order valence-corrected chi connectivity index (χ2v) is 3.73. The molecule has 3 nitrogen and oxygen atoms in total. The zero-order valence-electron chi connectivity index (χ0n) is 7.30. The smallest absolute Gasteiger partial charge is 0.333 e. The molecule has 0 aromatic carbocycles. The number of rotatable bonds is 5. The number of methoxy groups -OCH3 is 1. The number of carbonyl (C=O) groups excluding carboxylic acids is 1. The van der Waals surface area contributed by atoms with E-state index in [1.807, 2.05) is 0 Å². The lowest BCUT2D eigenvalue weighted by atomic mass is 10.4. The Morgan fingerprint density at radius 1 is 1.58 bits per heavy atom. The van der Waals surface area contributed by atoms with Gasteiger partial charge in [-0.05, 0) is 6.92 Å². The van der Waals surface area contributed by atoms with E-state index in [1.165, 1.54) is 0 Å². The highest BCUT2D eigenvalue weighted by Crippen LogP contribution is 2.02. The van der Waals surface area contributed by atoms with Crippen LogP contribution in [0, 0.1) is 0 Å². The van der Waals surface area contributed by atoms with Crippen molar-refractivity contribution in [2.45, 2.75) is 11.8 Å². The molecule has 0 fully saturated rings. The molecule has 1 atom stereocenters. The molecule has 12 heavy (non-hydrogen) atoms. The van der Waals surface area contributed by atoms with Crippen LogP contribution >= 0.6 is 15.9 Å². The Morgan fingerprint density at radius 2 is 2.17 bits per heavy atom. The molecule has 0 saturated heterocycles. The zero-order valence-corrected chi connectivity index (χ0v) is 8.89. The van der Waals surface area contributed by atoms with E-state index in [4.69, 9.17) is 9.47 Å². The van der Waals surface area contributed by atoms with Crippen LogP contribution in [0.4, 0.5) is 0 Å². The van der Waals surface area contributed by atoms with E-state index in [-0.39, 0.29) is 10.8 Å². The monoisotopic (exact) mass is 236 g/mol. The minimum atomic E-state index is -0.365. The summed E-state index contributed by atoms with van der Waals surface area (Å²) in [6.07, 6.45) is 0. The summed E-state index contributed by atoms with van der Waals surface area (Å²) in [5.74, 6) is -0.365. The molecule has 1 unspecified atom stereocenters. The van der Waals surface area contributed by atoms with Crippen LogP contribution in [0.1, 0.15) is 6.92 Å². The van der Waals surface area contributed by atoms with Crippen LogP contribution in [-0.2, 0) is 14.3 Å². The second kappa shape index (κ2) is 6.20. The van der Waals surface area contributed by atoms with Gasteiger partial charge in [-0.2, -0.15) is 0 Å². The Balaban J connectivity index is 3.54. The fourth-order valence-electron chi connectivity index (χ4n) is 0.518. The number of halogens is 1. The average Bonchev–Trinajstić information content (AvgIpc) is 2.00. The van der Waals surface area contributed by atoms with Gasteiger partial charge < -0.3 is 9.47 Å². The molecule has 0 aliphatic carbocycles. The number of hydrogen-bond donors (Lipinski definition) is 0. The Morgan fingerprint density at radius 3 is 2.58 bits per heavy atom. The summed E-state index contributed by atoms with van der Waals surface area (Å²) in [6, 6.07) is 0. The van der Waals surface area contributed by atoms with Crippen molar-refractivity contribution in [2.24, 2.45) is 0 Å². The molecule has 0 heterocycles. The molecule has 0 radical (unpaired) electrons. The summed E-state index contributed by atoms with van der Waals surface area (Å²) in [6.45, 7) is 5.89. The molecule has 0 aromatic rings. The second-order valence-electron chi connectivity index (χ2n) is 2.43. The minimum absolute atomic E-state index is 0.0470. The van der Waals surface area contributed by atoms with Crippen molar-refractivity contribution < 1.29 is 14.3 Å². The van der Waals surface area contributed by atoms with Crippen LogP contribution in [0.2, 0.25) is 0 Å². The lowest BCUT2D eigenvalue weighted by Crippen LogP contribution is -2.18. The summed E-state index contributed by atoms with van der Waals surface area (Å²) in [5, 5.41) is 0. The molecule has 0 bridgehead atoms. The standard InChI is InChI=1S/C8H13BrO3/c1-6(2)8(10)12-5-7(9)4-11-3/h7H,1,4-5H2,2-3H3. The van der Waals surface area contributed by atoms with Crippen molar-refractivity contribution in [3.05, 3.63) is 12.2 Å². The molecule has 70 valence electrons. The first kappa shape index (κ1) is 11.6. The van der Waals surface area contributed by atoms with E-state index >= 15 is 0 Å². The fraction of sp³-hybridized carbons (Fsp3) is 0.625. The number of alkyl halides is 1. The van der Waals surface area contributed by atoms with E-state index in [2.05, 4.69) is 22.5 Å². The van der Waals surface area contributed by atoms with Gasteiger partial charge in [0.15, 0.2) is 0 Å². The van der Waals surface area contributed by atoms with Crippen molar-refractivity contribution in [1.29, 1.82) is 0 Å². The largest absolute Gasteiger partial charge is 0.461 e. The molecule has 0 N–H and O–H groups in total. The maximum atomic E-state index is 10.9. The Kier molecular flexibility index (Phi) is 6.02. The molecule has 0 aliphatic heterocycles. The third kappa shape index (κ3) is 5.32. The van der Waals surface area contributed by atoms with Crippen molar-refractivity contribution in [1.82, 2.24) is 0 Å². The predicted molar refractivity (Wildman–Crippen MR) is 50.4 cm³/mol. The zero-order chi connectivity index (χ0) is 9.56. The quantitative estimate of drug-likeness (QED) is 0.413. The Bertz CT molecular complexity index is 168. The average molecular weight is 237 g/mol. The highest BCUT2D eigenvalue weighted by Gasteiger charge is 2.08. The van der Waals surface area contributed by atoms with Crippen molar-refractivity contribution in [3.63, 3.8) is 0 Å². The number of carbonyl (C=O) groups is 1. The van der Waals surface area contributed by atoms with Crippen LogP contribution in [0.5, 0.6) is 0 Å². The lowest BCUT2D eigenvalue weighted by Gasteiger charge is -2.08. The number of ether oxygens (including phenoxy) is 2. The summed E-state index contributed by atoms with van der Waals surface area (Å²) in [7, 11) is 1.59. The van der Waals surface area contributed by atoms with Gasteiger partial charge in [0.25, 0.3) is 0 Å². The first-order chi connectivity index (χ1) is 5.57. The summed E-state index contributed by atoms with van der Waals surface area (Å²) in [4.78, 5) is 10.9. The molecule has 0 saturated carbocycles. The first-order valence-corrected chi connectivity index (χ1v) is 4.45. The van der Waals surface area contributed by atoms with Crippen LogP contribution in [0.3, 0.4) is 0 Å². The first-order valence-electron chi connectivity index (χ1n) is 3.53. The topological polar surface area (TPSA) is 35.5 Å². The highest BCUT2D eigenvalue weighted by atomic mass is 79.9. The van der Waals surface area contributed by atoms with Gasteiger partial charge in [-0.3, -0.25) is 0 Å². The number of hydrogen-bond acceptors (Lipinski definition) is 3. The van der Waals surface area contributed by atoms with Gasteiger partial charge in [0.2, 0.25) is 0 Å². The van der Waals surface area contributed by atoms with Crippen molar-refractivity contribution in [2.75, 3.05) is 20.3 Å². The van der Waals surface area contributed by atoms with Gasteiger partial charge in [-0.15, -0.1) is 0 Å².